The Morgan fingerprint density at radius 3 is 2.00 bits per heavy atom. The van der Waals surface area contributed by atoms with E-state index in [1.165, 1.54) is 0 Å². The second kappa shape index (κ2) is 8.23. The molecule has 0 N–H and O–H groups in total. The Morgan fingerprint density at radius 2 is 1.50 bits per heavy atom. The molecule has 0 bridgehead atoms. The number of hydrogen-bond donors (Lipinski definition) is 0. The van der Waals surface area contributed by atoms with Crippen LogP contribution in [0.25, 0.3) is 0 Å². The van der Waals surface area contributed by atoms with Crippen molar-refractivity contribution in [2.75, 3.05) is 19.8 Å². The van der Waals surface area contributed by atoms with Crippen molar-refractivity contribution >= 4 is 9.05 Å². The Kier molecular flexibility index (Phi) is 6.92. The van der Waals surface area contributed by atoms with Crippen LogP contribution in [-0.2, 0) is 18.3 Å². The lowest BCUT2D eigenvalue weighted by atomic mass is 10.3. The van der Waals surface area contributed by atoms with Gasteiger partial charge in [-0.05, 0) is 32.9 Å². The van der Waals surface area contributed by atoms with Crippen LogP contribution in [0.5, 0.6) is 5.75 Å². The highest BCUT2D eigenvalue weighted by Gasteiger charge is 2.50. The highest BCUT2D eigenvalue weighted by molar-refractivity contribution is 6.54. The first kappa shape index (κ1) is 15.1. The summed E-state index contributed by atoms with van der Waals surface area (Å²) in [6.07, 6.45) is 0. The SMILES string of the molecule is CCOO[Si](OCC)(OCC)Oc1ccccc1. The standard InChI is InChI=1S/C12H20O5Si/c1-4-13-17-18(14-5-2,15-6-3)16-12-10-8-7-9-11-12/h7-11H,4-6H2,1-3H3. The topological polar surface area (TPSA) is 46.2 Å². The third kappa shape index (κ3) is 4.75. The molecule has 5 nitrogen and oxygen atoms in total. The molecule has 0 atom stereocenters. The predicted molar refractivity (Wildman–Crippen MR) is 68.8 cm³/mol. The Labute approximate surface area is 109 Å². The molecule has 0 unspecified atom stereocenters. The van der Waals surface area contributed by atoms with Crippen LogP contribution in [0.1, 0.15) is 20.8 Å². The maximum absolute atomic E-state index is 5.73. The van der Waals surface area contributed by atoms with E-state index in [0.29, 0.717) is 25.6 Å². The first-order chi connectivity index (χ1) is 8.76. The molecule has 0 aliphatic carbocycles. The quantitative estimate of drug-likeness (QED) is 0.393. The van der Waals surface area contributed by atoms with Gasteiger partial charge in [0.1, 0.15) is 5.75 Å². The molecule has 0 saturated carbocycles. The monoisotopic (exact) mass is 272 g/mol. The van der Waals surface area contributed by atoms with Crippen LogP contribution in [0.3, 0.4) is 0 Å². The summed E-state index contributed by atoms with van der Waals surface area (Å²) in [6, 6.07) is 9.27. The zero-order chi connectivity index (χ0) is 13.3. The molecule has 0 fully saturated rings. The molecule has 6 heteroatoms. The van der Waals surface area contributed by atoms with E-state index >= 15 is 0 Å². The number of rotatable bonds is 9. The van der Waals surface area contributed by atoms with E-state index in [2.05, 4.69) is 0 Å². The van der Waals surface area contributed by atoms with Gasteiger partial charge in [0.2, 0.25) is 0 Å². The minimum Gasteiger partial charge on any atom is -0.479 e. The van der Waals surface area contributed by atoms with Gasteiger partial charge >= 0.3 is 9.05 Å². The highest BCUT2D eigenvalue weighted by atomic mass is 28.4. The molecule has 0 aromatic heterocycles. The molecule has 1 aromatic carbocycles. The van der Waals surface area contributed by atoms with Crippen LogP contribution in [0.2, 0.25) is 0 Å². The van der Waals surface area contributed by atoms with Gasteiger partial charge in [0.05, 0.1) is 6.61 Å². The summed E-state index contributed by atoms with van der Waals surface area (Å²) < 4.78 is 22.0. The first-order valence-corrected chi connectivity index (χ1v) is 7.72. The summed E-state index contributed by atoms with van der Waals surface area (Å²) in [5, 5.41) is 0. The van der Waals surface area contributed by atoms with Gasteiger partial charge in [-0.2, -0.15) is 4.58 Å². The fourth-order valence-corrected chi connectivity index (χ4v) is 3.01. The summed E-state index contributed by atoms with van der Waals surface area (Å²) >= 11 is 0. The van der Waals surface area contributed by atoms with Crippen molar-refractivity contribution in [3.8, 4) is 5.75 Å². The van der Waals surface area contributed by atoms with Gasteiger partial charge < -0.3 is 13.3 Å². The average Bonchev–Trinajstić information content (AvgIpc) is 2.38. The van der Waals surface area contributed by atoms with Gasteiger partial charge in [0.25, 0.3) is 0 Å². The Hall–Kier alpha value is -0.923. The van der Waals surface area contributed by atoms with E-state index in [-0.39, 0.29) is 0 Å². The fraction of sp³-hybridized carbons (Fsp3) is 0.500. The lowest BCUT2D eigenvalue weighted by Crippen LogP contribution is -2.52. The Morgan fingerprint density at radius 1 is 0.889 bits per heavy atom. The third-order valence-electron chi connectivity index (χ3n) is 1.91. The maximum atomic E-state index is 5.73. The van der Waals surface area contributed by atoms with Crippen molar-refractivity contribution in [3.05, 3.63) is 30.3 Å². The summed E-state index contributed by atoms with van der Waals surface area (Å²) in [5.41, 5.74) is 0. The van der Waals surface area contributed by atoms with Crippen molar-refractivity contribution in [2.24, 2.45) is 0 Å². The van der Waals surface area contributed by atoms with E-state index in [9.17, 15) is 0 Å². The van der Waals surface area contributed by atoms with Gasteiger partial charge in [0, 0.05) is 13.2 Å². The van der Waals surface area contributed by atoms with Gasteiger partial charge in [-0.25, -0.2) is 4.89 Å². The van der Waals surface area contributed by atoms with Gasteiger partial charge in [0.15, 0.2) is 0 Å². The molecule has 0 aliphatic heterocycles. The Balaban J connectivity index is 2.79. The number of para-hydroxylation sites is 1. The largest absolute Gasteiger partial charge is 0.778 e. The minimum absolute atomic E-state index is 0.396. The van der Waals surface area contributed by atoms with E-state index < -0.39 is 9.05 Å². The molecule has 0 radical (unpaired) electrons. The fourth-order valence-electron chi connectivity index (χ4n) is 1.28. The van der Waals surface area contributed by atoms with E-state index in [1.807, 2.05) is 51.1 Å². The molecule has 0 spiro atoms. The maximum Gasteiger partial charge on any atom is 0.778 e. The lowest BCUT2D eigenvalue weighted by molar-refractivity contribution is -0.263. The number of hydrogen-bond acceptors (Lipinski definition) is 5. The second-order valence-corrected chi connectivity index (χ2v) is 5.22. The van der Waals surface area contributed by atoms with Crippen molar-refractivity contribution in [1.29, 1.82) is 0 Å². The van der Waals surface area contributed by atoms with E-state index in [0.717, 1.165) is 0 Å². The van der Waals surface area contributed by atoms with Crippen molar-refractivity contribution in [3.63, 3.8) is 0 Å². The highest BCUT2D eigenvalue weighted by Crippen LogP contribution is 2.18. The second-order valence-electron chi connectivity index (χ2n) is 3.27. The van der Waals surface area contributed by atoms with Crippen molar-refractivity contribution in [2.45, 2.75) is 20.8 Å². The Bertz CT molecular complexity index is 314. The summed E-state index contributed by atoms with van der Waals surface area (Å²) in [7, 11) is -3.28. The molecule has 0 heterocycles. The van der Waals surface area contributed by atoms with Crippen LogP contribution >= 0.6 is 0 Å². The molecular weight excluding hydrogens is 252 g/mol. The van der Waals surface area contributed by atoms with Crippen LogP contribution in [0.15, 0.2) is 30.3 Å². The zero-order valence-electron chi connectivity index (χ0n) is 11.0. The predicted octanol–water partition coefficient (Wildman–Crippen LogP) is 2.54. The molecule has 0 amide bonds. The summed E-state index contributed by atoms with van der Waals surface area (Å²) in [6.45, 7) is 6.76. The van der Waals surface area contributed by atoms with Gasteiger partial charge in [-0.1, -0.05) is 18.2 Å². The first-order valence-electron chi connectivity index (χ1n) is 6.09. The van der Waals surface area contributed by atoms with Gasteiger partial charge in [-0.3, -0.25) is 0 Å². The van der Waals surface area contributed by atoms with E-state index in [4.69, 9.17) is 22.7 Å². The zero-order valence-corrected chi connectivity index (χ0v) is 12.0. The summed E-state index contributed by atoms with van der Waals surface area (Å²) in [5.74, 6) is 0.630. The average molecular weight is 272 g/mol. The minimum atomic E-state index is -3.28. The third-order valence-corrected chi connectivity index (χ3v) is 4.00. The smallest absolute Gasteiger partial charge is 0.479 e. The molecule has 18 heavy (non-hydrogen) atoms. The van der Waals surface area contributed by atoms with Crippen LogP contribution in [-0.4, -0.2) is 28.9 Å². The normalized spacial score (nSPS) is 11.5. The molecule has 0 aliphatic rings. The summed E-state index contributed by atoms with van der Waals surface area (Å²) in [4.78, 5) is 4.96. The van der Waals surface area contributed by atoms with Crippen LogP contribution in [0.4, 0.5) is 0 Å². The van der Waals surface area contributed by atoms with Crippen LogP contribution in [0, 0.1) is 0 Å². The molecule has 1 aromatic rings. The van der Waals surface area contributed by atoms with Crippen molar-refractivity contribution in [1.82, 2.24) is 0 Å². The molecule has 1 rings (SSSR count). The van der Waals surface area contributed by atoms with Crippen molar-refractivity contribution < 1.29 is 22.7 Å². The van der Waals surface area contributed by atoms with E-state index in [1.54, 1.807) is 0 Å². The molecule has 102 valence electrons. The lowest BCUT2D eigenvalue weighted by Gasteiger charge is -2.25. The molecule has 0 saturated heterocycles. The van der Waals surface area contributed by atoms with Crippen LogP contribution < -0.4 is 4.43 Å². The number of benzene rings is 1. The van der Waals surface area contributed by atoms with Gasteiger partial charge in [-0.15, -0.1) is 0 Å². The molecular formula is C12H20O5Si.